The molecule has 0 saturated carbocycles. The van der Waals surface area contributed by atoms with Crippen LogP contribution in [0.4, 0.5) is 4.79 Å². The lowest BCUT2D eigenvalue weighted by Crippen LogP contribution is -2.27. The zero-order valence-electron chi connectivity index (χ0n) is 11.5. The summed E-state index contributed by atoms with van der Waals surface area (Å²) in [4.78, 5) is 11.4. The van der Waals surface area contributed by atoms with Crippen molar-refractivity contribution in [3.63, 3.8) is 0 Å². The molecule has 0 saturated heterocycles. The summed E-state index contributed by atoms with van der Waals surface area (Å²) in [6.45, 7) is 7.97. The van der Waals surface area contributed by atoms with Gasteiger partial charge in [0, 0.05) is 6.54 Å². The summed E-state index contributed by atoms with van der Waals surface area (Å²) in [7, 11) is 5.60. The van der Waals surface area contributed by atoms with E-state index in [1.165, 1.54) is 0 Å². The van der Waals surface area contributed by atoms with Crippen LogP contribution in [0.15, 0.2) is 61.2 Å². The molecular formula is C16H18BNO2. The zero-order valence-corrected chi connectivity index (χ0v) is 11.5. The second kappa shape index (κ2) is 8.80. The first-order valence-electron chi connectivity index (χ1n) is 6.33. The number of allylic oxidation sites excluding steroid dienone is 2. The van der Waals surface area contributed by atoms with E-state index in [0.29, 0.717) is 12.1 Å². The molecule has 102 valence electrons. The van der Waals surface area contributed by atoms with Crippen molar-refractivity contribution < 1.29 is 9.53 Å². The predicted octanol–water partition coefficient (Wildman–Crippen LogP) is 2.05. The smallest absolute Gasteiger partial charge is 0.407 e. The molecule has 0 heterocycles. The van der Waals surface area contributed by atoms with Crippen molar-refractivity contribution >= 4 is 19.4 Å². The molecule has 0 aliphatic carbocycles. The molecule has 0 aliphatic heterocycles. The lowest BCUT2D eigenvalue weighted by Gasteiger charge is -2.07. The Bertz CT molecular complexity index is 492. The topological polar surface area (TPSA) is 38.3 Å². The van der Waals surface area contributed by atoms with Crippen molar-refractivity contribution in [3.8, 4) is 0 Å². The monoisotopic (exact) mass is 267 g/mol. The molecular weight excluding hydrogens is 249 g/mol. The van der Waals surface area contributed by atoms with Crippen LogP contribution in [0.3, 0.4) is 0 Å². The summed E-state index contributed by atoms with van der Waals surface area (Å²) < 4.78 is 5.00. The maximum Gasteiger partial charge on any atom is 0.407 e. The van der Waals surface area contributed by atoms with E-state index in [1.54, 1.807) is 18.2 Å². The Hall–Kier alpha value is -2.23. The van der Waals surface area contributed by atoms with Gasteiger partial charge in [-0.2, -0.15) is 0 Å². The van der Waals surface area contributed by atoms with E-state index >= 15 is 0 Å². The van der Waals surface area contributed by atoms with Gasteiger partial charge >= 0.3 is 6.09 Å². The first kappa shape index (κ1) is 15.8. The van der Waals surface area contributed by atoms with Crippen LogP contribution in [-0.2, 0) is 11.2 Å². The molecule has 3 nitrogen and oxygen atoms in total. The number of rotatable bonds is 7. The summed E-state index contributed by atoms with van der Waals surface area (Å²) in [5, 5.41) is 2.68. The van der Waals surface area contributed by atoms with Gasteiger partial charge in [0.2, 0.25) is 0 Å². The van der Waals surface area contributed by atoms with Crippen molar-refractivity contribution in [2.75, 3.05) is 13.2 Å². The van der Waals surface area contributed by atoms with Crippen LogP contribution in [0.25, 0.3) is 0 Å². The molecule has 1 aromatic carbocycles. The molecule has 1 rings (SSSR count). The van der Waals surface area contributed by atoms with Gasteiger partial charge in [-0.1, -0.05) is 61.1 Å². The van der Waals surface area contributed by atoms with Crippen LogP contribution < -0.4 is 10.8 Å². The number of ether oxygens (including phenoxy) is 1. The highest BCUT2D eigenvalue weighted by Gasteiger charge is 2.01. The summed E-state index contributed by atoms with van der Waals surface area (Å²) >= 11 is 0. The number of amides is 1. The van der Waals surface area contributed by atoms with Crippen LogP contribution in [-0.4, -0.2) is 27.1 Å². The summed E-state index contributed by atoms with van der Waals surface area (Å²) in [6.07, 6.45) is 5.40. The number of carbonyl (C=O) groups excluding carboxylic acids is 1. The van der Waals surface area contributed by atoms with Crippen molar-refractivity contribution in [2.45, 2.75) is 6.42 Å². The highest BCUT2D eigenvalue weighted by atomic mass is 16.5. The van der Waals surface area contributed by atoms with Gasteiger partial charge in [0.15, 0.2) is 0 Å². The molecule has 0 aliphatic rings. The summed E-state index contributed by atoms with van der Waals surface area (Å²) in [5.41, 5.74) is 2.55. The average molecular weight is 267 g/mol. The minimum Gasteiger partial charge on any atom is -0.445 e. The number of benzene rings is 1. The number of alkyl carbamates (subject to hydrolysis) is 1. The summed E-state index contributed by atoms with van der Waals surface area (Å²) in [6, 6.07) is 7.54. The van der Waals surface area contributed by atoms with Gasteiger partial charge in [0.05, 0.1) is 0 Å². The highest BCUT2D eigenvalue weighted by Crippen LogP contribution is 1.98. The Balaban J connectivity index is 2.20. The second-order valence-corrected chi connectivity index (χ2v) is 4.25. The van der Waals surface area contributed by atoms with Crippen molar-refractivity contribution in [1.29, 1.82) is 0 Å². The van der Waals surface area contributed by atoms with E-state index in [4.69, 9.17) is 12.6 Å². The van der Waals surface area contributed by atoms with E-state index in [1.807, 2.05) is 24.3 Å². The number of hydrogen-bond acceptors (Lipinski definition) is 2. The van der Waals surface area contributed by atoms with Crippen LogP contribution in [0.2, 0.25) is 0 Å². The van der Waals surface area contributed by atoms with Gasteiger partial charge in [-0.05, 0) is 17.6 Å². The Morgan fingerprint density at radius 1 is 1.35 bits per heavy atom. The minimum atomic E-state index is -0.450. The molecule has 0 atom stereocenters. The quantitative estimate of drug-likeness (QED) is 0.606. The number of carbonyl (C=O) groups is 1. The van der Waals surface area contributed by atoms with Gasteiger partial charge in [-0.25, -0.2) is 4.79 Å². The first-order valence-corrected chi connectivity index (χ1v) is 6.33. The molecule has 0 unspecified atom stereocenters. The Morgan fingerprint density at radius 2 is 2.05 bits per heavy atom. The zero-order chi connectivity index (χ0) is 14.8. The standard InChI is InChI=1S/C16H18BNO2/c1-3-4-5-13(2)12-20-16(19)18-11-10-14-6-8-15(17)9-7-14/h3-9H,1-2,10-12H2,(H,18,19)/b5-4-. The normalized spacial score (nSPS) is 10.2. The molecule has 0 spiro atoms. The van der Waals surface area contributed by atoms with E-state index in [0.717, 1.165) is 17.4 Å². The third-order valence-electron chi connectivity index (χ3n) is 2.52. The molecule has 1 amide bonds. The van der Waals surface area contributed by atoms with Gasteiger partial charge in [-0.15, -0.1) is 0 Å². The van der Waals surface area contributed by atoms with Gasteiger partial charge in [0.1, 0.15) is 14.5 Å². The highest BCUT2D eigenvalue weighted by molar-refractivity contribution is 6.32. The lowest BCUT2D eigenvalue weighted by atomic mass is 9.95. The van der Waals surface area contributed by atoms with Crippen LogP contribution in [0, 0.1) is 0 Å². The molecule has 1 aromatic rings. The molecule has 1 N–H and O–H groups in total. The molecule has 0 bridgehead atoms. The SMILES string of the molecule is [B]c1ccc(CCNC(=O)OCC(=C)/C=C\C=C)cc1. The Morgan fingerprint density at radius 3 is 2.70 bits per heavy atom. The Labute approximate surface area is 121 Å². The van der Waals surface area contributed by atoms with Gasteiger partial charge in [0.25, 0.3) is 0 Å². The number of hydrogen-bond donors (Lipinski definition) is 1. The van der Waals surface area contributed by atoms with E-state index in [-0.39, 0.29) is 6.61 Å². The average Bonchev–Trinajstić information content (AvgIpc) is 2.45. The predicted molar refractivity (Wildman–Crippen MR) is 83.4 cm³/mol. The van der Waals surface area contributed by atoms with Crippen LogP contribution in [0.5, 0.6) is 0 Å². The molecule has 20 heavy (non-hydrogen) atoms. The van der Waals surface area contributed by atoms with Gasteiger partial charge in [-0.3, -0.25) is 0 Å². The van der Waals surface area contributed by atoms with Gasteiger partial charge < -0.3 is 10.1 Å². The lowest BCUT2D eigenvalue weighted by molar-refractivity contribution is 0.157. The molecule has 0 fully saturated rings. The largest absolute Gasteiger partial charge is 0.445 e. The maximum atomic E-state index is 11.4. The molecule has 4 heteroatoms. The van der Waals surface area contributed by atoms with Crippen LogP contribution in [0.1, 0.15) is 5.56 Å². The maximum absolute atomic E-state index is 11.4. The van der Waals surface area contributed by atoms with E-state index < -0.39 is 6.09 Å². The summed E-state index contributed by atoms with van der Waals surface area (Å²) in [5.74, 6) is 0. The van der Waals surface area contributed by atoms with Crippen molar-refractivity contribution in [3.05, 3.63) is 66.8 Å². The fourth-order valence-electron chi connectivity index (χ4n) is 1.45. The fourth-order valence-corrected chi connectivity index (χ4v) is 1.45. The van der Waals surface area contributed by atoms with Crippen molar-refractivity contribution in [2.24, 2.45) is 0 Å². The third-order valence-corrected chi connectivity index (χ3v) is 2.52. The van der Waals surface area contributed by atoms with Crippen LogP contribution >= 0.6 is 0 Å². The fraction of sp³-hybridized carbons (Fsp3) is 0.188. The van der Waals surface area contributed by atoms with E-state index in [9.17, 15) is 4.79 Å². The third kappa shape index (κ3) is 6.64. The molecule has 2 radical (unpaired) electrons. The molecule has 0 aromatic heterocycles. The first-order chi connectivity index (χ1) is 9.61. The Kier molecular flexibility index (Phi) is 6.97. The van der Waals surface area contributed by atoms with Crippen molar-refractivity contribution in [1.82, 2.24) is 5.32 Å². The van der Waals surface area contributed by atoms with E-state index in [2.05, 4.69) is 18.5 Å². The number of nitrogens with one attached hydrogen (secondary N) is 1. The second-order valence-electron chi connectivity index (χ2n) is 4.25. The minimum absolute atomic E-state index is 0.165.